The standard InChI is InChI=1S/C16H30N2O/c1-14-5-2-3-8-17(14)11-15-6-4-9-18(12-15)16-7-10-19-13-16/h14-16H,2-13H2,1H3/t14-,15-,16-/m1/s1. The summed E-state index contributed by atoms with van der Waals surface area (Å²) in [4.78, 5) is 5.47. The van der Waals surface area contributed by atoms with Crippen molar-refractivity contribution < 1.29 is 4.74 Å². The molecule has 0 aromatic rings. The molecule has 0 radical (unpaired) electrons. The molecule has 3 aliphatic rings. The van der Waals surface area contributed by atoms with Gasteiger partial charge in [-0.2, -0.15) is 0 Å². The molecule has 0 aromatic carbocycles. The summed E-state index contributed by atoms with van der Waals surface area (Å²) in [6.45, 7) is 9.68. The van der Waals surface area contributed by atoms with Crippen LogP contribution < -0.4 is 0 Å². The fourth-order valence-electron chi connectivity index (χ4n) is 4.15. The molecule has 3 nitrogen and oxygen atoms in total. The number of rotatable bonds is 3. The Kier molecular flexibility index (Phi) is 4.78. The summed E-state index contributed by atoms with van der Waals surface area (Å²) >= 11 is 0. The summed E-state index contributed by atoms with van der Waals surface area (Å²) in [5.74, 6) is 0.898. The van der Waals surface area contributed by atoms with Gasteiger partial charge in [0, 0.05) is 31.8 Å². The molecule has 3 rings (SSSR count). The highest BCUT2D eigenvalue weighted by Crippen LogP contribution is 2.25. The molecular weight excluding hydrogens is 236 g/mol. The zero-order chi connectivity index (χ0) is 13.1. The third-order valence-corrected chi connectivity index (χ3v) is 5.41. The first-order valence-corrected chi connectivity index (χ1v) is 8.39. The van der Waals surface area contributed by atoms with E-state index in [1.807, 2.05) is 0 Å². The lowest BCUT2D eigenvalue weighted by molar-refractivity contribution is 0.0682. The van der Waals surface area contributed by atoms with E-state index in [0.717, 1.165) is 31.2 Å². The van der Waals surface area contributed by atoms with Gasteiger partial charge in [-0.3, -0.25) is 4.90 Å². The Hall–Kier alpha value is -0.120. The maximum atomic E-state index is 5.56. The van der Waals surface area contributed by atoms with E-state index in [0.29, 0.717) is 0 Å². The molecule has 0 spiro atoms. The lowest BCUT2D eigenvalue weighted by Gasteiger charge is -2.41. The highest BCUT2D eigenvalue weighted by atomic mass is 16.5. The fraction of sp³-hybridized carbons (Fsp3) is 1.00. The number of piperidine rings is 2. The van der Waals surface area contributed by atoms with Crippen molar-refractivity contribution in [2.24, 2.45) is 5.92 Å². The Bertz CT molecular complexity index is 278. The van der Waals surface area contributed by atoms with Gasteiger partial charge < -0.3 is 9.64 Å². The number of hydrogen-bond acceptors (Lipinski definition) is 3. The van der Waals surface area contributed by atoms with Crippen LogP contribution in [0.4, 0.5) is 0 Å². The maximum Gasteiger partial charge on any atom is 0.0622 e. The Morgan fingerprint density at radius 3 is 2.79 bits per heavy atom. The molecule has 0 amide bonds. The second-order valence-electron chi connectivity index (χ2n) is 6.86. The predicted molar refractivity (Wildman–Crippen MR) is 78.4 cm³/mol. The van der Waals surface area contributed by atoms with Crippen molar-refractivity contribution in [1.82, 2.24) is 9.80 Å². The van der Waals surface area contributed by atoms with Gasteiger partial charge in [0.1, 0.15) is 0 Å². The summed E-state index contributed by atoms with van der Waals surface area (Å²) in [6, 6.07) is 1.54. The average Bonchev–Trinajstić information content (AvgIpc) is 2.96. The molecule has 3 saturated heterocycles. The average molecular weight is 266 g/mol. The first-order valence-electron chi connectivity index (χ1n) is 8.39. The molecule has 0 unspecified atom stereocenters. The summed E-state index contributed by atoms with van der Waals surface area (Å²) in [7, 11) is 0. The van der Waals surface area contributed by atoms with Crippen molar-refractivity contribution in [2.75, 3.05) is 39.4 Å². The van der Waals surface area contributed by atoms with Gasteiger partial charge in [-0.25, -0.2) is 0 Å². The Labute approximate surface area is 118 Å². The molecular formula is C16H30N2O. The number of hydrogen-bond donors (Lipinski definition) is 0. The number of nitrogens with zero attached hydrogens (tertiary/aromatic N) is 2. The maximum absolute atomic E-state index is 5.56. The molecule has 0 aromatic heterocycles. The van der Waals surface area contributed by atoms with Crippen LogP contribution in [0.3, 0.4) is 0 Å². The minimum atomic E-state index is 0.724. The van der Waals surface area contributed by atoms with E-state index in [2.05, 4.69) is 16.7 Å². The van der Waals surface area contributed by atoms with Gasteiger partial charge in [-0.05, 0) is 58.0 Å². The van der Waals surface area contributed by atoms with Crippen LogP contribution in [-0.4, -0.2) is 61.3 Å². The highest BCUT2D eigenvalue weighted by molar-refractivity contribution is 4.84. The zero-order valence-corrected chi connectivity index (χ0v) is 12.5. The summed E-state index contributed by atoms with van der Waals surface area (Å²) in [6.07, 6.45) is 8.35. The van der Waals surface area contributed by atoms with Gasteiger partial charge >= 0.3 is 0 Å². The SMILES string of the molecule is C[C@@H]1CCCCN1C[C@H]1CCCN([C@@H]2CCOC2)C1. The van der Waals surface area contributed by atoms with Gasteiger partial charge in [0.05, 0.1) is 6.61 Å². The van der Waals surface area contributed by atoms with Crippen LogP contribution in [-0.2, 0) is 4.74 Å². The van der Waals surface area contributed by atoms with Crippen molar-refractivity contribution in [3.05, 3.63) is 0 Å². The molecule has 110 valence electrons. The molecule has 3 heteroatoms. The van der Waals surface area contributed by atoms with E-state index in [4.69, 9.17) is 4.74 Å². The lowest BCUT2D eigenvalue weighted by Crippen LogP contribution is -2.48. The van der Waals surface area contributed by atoms with Crippen LogP contribution in [0.25, 0.3) is 0 Å². The summed E-state index contributed by atoms with van der Waals surface area (Å²) in [5.41, 5.74) is 0. The number of ether oxygens (including phenoxy) is 1. The van der Waals surface area contributed by atoms with Crippen LogP contribution in [0, 0.1) is 5.92 Å². The van der Waals surface area contributed by atoms with Crippen LogP contribution >= 0.6 is 0 Å². The normalized spacial score (nSPS) is 38.7. The molecule has 3 fully saturated rings. The highest BCUT2D eigenvalue weighted by Gasteiger charge is 2.30. The van der Waals surface area contributed by atoms with E-state index in [1.165, 1.54) is 64.7 Å². The molecule has 0 N–H and O–H groups in total. The van der Waals surface area contributed by atoms with Crippen LogP contribution in [0.2, 0.25) is 0 Å². The van der Waals surface area contributed by atoms with Gasteiger partial charge in [0.2, 0.25) is 0 Å². The summed E-state index contributed by atoms with van der Waals surface area (Å²) < 4.78 is 5.56. The van der Waals surface area contributed by atoms with Crippen molar-refractivity contribution in [2.45, 2.75) is 57.5 Å². The van der Waals surface area contributed by atoms with E-state index in [9.17, 15) is 0 Å². The van der Waals surface area contributed by atoms with Crippen molar-refractivity contribution >= 4 is 0 Å². The third kappa shape index (κ3) is 3.50. The Morgan fingerprint density at radius 2 is 2.00 bits per heavy atom. The molecule has 0 saturated carbocycles. The van der Waals surface area contributed by atoms with E-state index >= 15 is 0 Å². The molecule has 3 aliphatic heterocycles. The first kappa shape index (κ1) is 13.8. The zero-order valence-electron chi connectivity index (χ0n) is 12.5. The van der Waals surface area contributed by atoms with Crippen LogP contribution in [0.5, 0.6) is 0 Å². The summed E-state index contributed by atoms with van der Waals surface area (Å²) in [5, 5.41) is 0. The minimum Gasteiger partial charge on any atom is -0.380 e. The third-order valence-electron chi connectivity index (χ3n) is 5.41. The molecule has 3 heterocycles. The topological polar surface area (TPSA) is 15.7 Å². The van der Waals surface area contributed by atoms with E-state index in [-0.39, 0.29) is 0 Å². The first-order chi connectivity index (χ1) is 9.33. The van der Waals surface area contributed by atoms with Gasteiger partial charge in [-0.1, -0.05) is 6.42 Å². The van der Waals surface area contributed by atoms with E-state index < -0.39 is 0 Å². The molecule has 19 heavy (non-hydrogen) atoms. The largest absolute Gasteiger partial charge is 0.380 e. The van der Waals surface area contributed by atoms with Crippen molar-refractivity contribution in [3.8, 4) is 0 Å². The number of likely N-dealkylation sites (tertiary alicyclic amines) is 2. The quantitative estimate of drug-likeness (QED) is 0.780. The van der Waals surface area contributed by atoms with E-state index in [1.54, 1.807) is 0 Å². The van der Waals surface area contributed by atoms with Gasteiger partial charge in [0.25, 0.3) is 0 Å². The van der Waals surface area contributed by atoms with Crippen LogP contribution in [0.15, 0.2) is 0 Å². The second kappa shape index (κ2) is 6.55. The second-order valence-corrected chi connectivity index (χ2v) is 6.86. The molecule has 0 bridgehead atoms. The lowest BCUT2D eigenvalue weighted by atomic mass is 9.93. The smallest absolute Gasteiger partial charge is 0.0622 e. The molecule has 0 aliphatic carbocycles. The van der Waals surface area contributed by atoms with Gasteiger partial charge in [-0.15, -0.1) is 0 Å². The van der Waals surface area contributed by atoms with Crippen molar-refractivity contribution in [3.63, 3.8) is 0 Å². The molecule has 3 atom stereocenters. The van der Waals surface area contributed by atoms with Crippen LogP contribution in [0.1, 0.15) is 45.4 Å². The monoisotopic (exact) mass is 266 g/mol. The van der Waals surface area contributed by atoms with Gasteiger partial charge in [0.15, 0.2) is 0 Å². The Morgan fingerprint density at radius 1 is 1.05 bits per heavy atom. The van der Waals surface area contributed by atoms with Crippen molar-refractivity contribution in [1.29, 1.82) is 0 Å². The fourth-order valence-corrected chi connectivity index (χ4v) is 4.15. The Balaban J connectivity index is 1.50. The minimum absolute atomic E-state index is 0.724. The predicted octanol–water partition coefficient (Wildman–Crippen LogP) is 2.36.